The number of nitrogens with one attached hydrogen (secondary N) is 1. The van der Waals surface area contributed by atoms with Gasteiger partial charge in [0.05, 0.1) is 0 Å². The molecule has 1 aliphatic heterocycles. The molecule has 2 unspecified atom stereocenters. The zero-order chi connectivity index (χ0) is 28.6. The molecule has 0 radical (unpaired) electrons. The molecular formula is C32H27N3O6. The molecule has 2 atom stereocenters. The Morgan fingerprint density at radius 3 is 1.95 bits per heavy atom. The molecule has 5 rings (SSSR count). The van der Waals surface area contributed by atoms with E-state index in [9.17, 15) is 19.2 Å². The van der Waals surface area contributed by atoms with Crippen molar-refractivity contribution in [2.45, 2.75) is 18.9 Å². The van der Waals surface area contributed by atoms with Gasteiger partial charge in [0.25, 0.3) is 5.91 Å². The smallest absolute Gasteiger partial charge is 0.407 e. The van der Waals surface area contributed by atoms with Gasteiger partial charge >= 0.3 is 18.1 Å². The molecule has 1 fully saturated rings. The standard InChI is InChI=1S/C32H27N3O6/c36-27(21-33-31(38)40-22-23-13-5-1-6-14-23)41-30(25-17-9-3-10-18-25)35-29(37)28(24-15-7-2-8-16-24)34(32(35)39)26-19-11-4-12-20-26/h1-20,28,30H,21-22H2,(H,33,38). The Labute approximate surface area is 236 Å². The van der Waals surface area contributed by atoms with E-state index < -0.39 is 42.8 Å². The van der Waals surface area contributed by atoms with Gasteiger partial charge in [-0.05, 0) is 23.3 Å². The van der Waals surface area contributed by atoms with Crippen LogP contribution in [0.2, 0.25) is 0 Å². The number of hydrogen-bond acceptors (Lipinski definition) is 6. The number of nitrogens with zero attached hydrogens (tertiary/aromatic N) is 2. The first-order valence-corrected chi connectivity index (χ1v) is 13.0. The number of urea groups is 1. The lowest BCUT2D eigenvalue weighted by Gasteiger charge is -2.26. The maximum absolute atomic E-state index is 14.0. The summed E-state index contributed by atoms with van der Waals surface area (Å²) < 4.78 is 10.8. The number of anilines is 1. The van der Waals surface area contributed by atoms with Crippen LogP contribution in [-0.4, -0.2) is 35.4 Å². The van der Waals surface area contributed by atoms with Crippen molar-refractivity contribution in [3.8, 4) is 0 Å². The van der Waals surface area contributed by atoms with Gasteiger partial charge in [0.1, 0.15) is 19.2 Å². The molecule has 1 aliphatic rings. The average Bonchev–Trinajstić information content (AvgIpc) is 3.28. The molecule has 0 saturated carbocycles. The molecule has 0 aliphatic carbocycles. The molecule has 1 heterocycles. The normalized spacial score (nSPS) is 15.4. The molecule has 206 valence electrons. The third-order valence-electron chi connectivity index (χ3n) is 6.44. The summed E-state index contributed by atoms with van der Waals surface area (Å²) in [5, 5.41) is 2.36. The molecule has 4 aromatic carbocycles. The van der Waals surface area contributed by atoms with Crippen molar-refractivity contribution in [1.29, 1.82) is 0 Å². The van der Waals surface area contributed by atoms with Crippen LogP contribution in [0.25, 0.3) is 0 Å². The van der Waals surface area contributed by atoms with Gasteiger partial charge in [-0.3, -0.25) is 14.5 Å². The molecular weight excluding hydrogens is 522 g/mol. The Morgan fingerprint density at radius 1 is 0.756 bits per heavy atom. The van der Waals surface area contributed by atoms with Gasteiger partial charge in [0.2, 0.25) is 6.23 Å². The van der Waals surface area contributed by atoms with Gasteiger partial charge in [0, 0.05) is 11.3 Å². The Hall–Kier alpha value is -5.44. The molecule has 4 amide bonds. The van der Waals surface area contributed by atoms with Crippen LogP contribution in [0.1, 0.15) is 29.0 Å². The van der Waals surface area contributed by atoms with Crippen molar-refractivity contribution >= 4 is 29.7 Å². The van der Waals surface area contributed by atoms with Gasteiger partial charge < -0.3 is 14.8 Å². The Bertz CT molecular complexity index is 1440. The lowest BCUT2D eigenvalue weighted by atomic mass is 10.0. The Morgan fingerprint density at radius 2 is 1.32 bits per heavy atom. The molecule has 4 aromatic rings. The van der Waals surface area contributed by atoms with E-state index in [0.29, 0.717) is 16.8 Å². The SMILES string of the molecule is O=C(CNC(=O)OCc1ccccc1)OC(c1ccccc1)N1C(=O)C(c2ccccc2)N(c2ccccc2)C1=O. The van der Waals surface area contributed by atoms with Gasteiger partial charge in [-0.25, -0.2) is 14.5 Å². The number of esters is 1. The van der Waals surface area contributed by atoms with Crippen molar-refractivity contribution in [3.05, 3.63) is 138 Å². The molecule has 1 saturated heterocycles. The fourth-order valence-electron chi connectivity index (χ4n) is 4.53. The number of carbonyl (C=O) groups excluding carboxylic acids is 4. The van der Waals surface area contributed by atoms with E-state index >= 15 is 0 Å². The highest BCUT2D eigenvalue weighted by Gasteiger charge is 2.51. The minimum Gasteiger partial charge on any atom is -0.445 e. The van der Waals surface area contributed by atoms with Crippen molar-refractivity contribution in [2.24, 2.45) is 0 Å². The van der Waals surface area contributed by atoms with E-state index in [1.807, 2.05) is 30.3 Å². The minimum atomic E-state index is -1.37. The summed E-state index contributed by atoms with van der Waals surface area (Å²) in [4.78, 5) is 55.3. The second-order valence-electron chi connectivity index (χ2n) is 9.18. The van der Waals surface area contributed by atoms with E-state index in [2.05, 4.69) is 5.32 Å². The van der Waals surface area contributed by atoms with Crippen molar-refractivity contribution in [2.75, 3.05) is 11.4 Å². The van der Waals surface area contributed by atoms with E-state index in [-0.39, 0.29) is 6.61 Å². The molecule has 0 spiro atoms. The van der Waals surface area contributed by atoms with Gasteiger partial charge in [-0.2, -0.15) is 0 Å². The third-order valence-corrected chi connectivity index (χ3v) is 6.44. The molecule has 0 aromatic heterocycles. The van der Waals surface area contributed by atoms with E-state index in [1.54, 1.807) is 91.0 Å². The Balaban J connectivity index is 1.37. The second-order valence-corrected chi connectivity index (χ2v) is 9.18. The lowest BCUT2D eigenvalue weighted by molar-refractivity contribution is -0.159. The van der Waals surface area contributed by atoms with Crippen LogP contribution in [0.4, 0.5) is 15.3 Å². The zero-order valence-corrected chi connectivity index (χ0v) is 22.0. The number of rotatable bonds is 9. The second kappa shape index (κ2) is 12.6. The number of benzene rings is 4. The topological polar surface area (TPSA) is 105 Å². The number of carbonyl (C=O) groups is 4. The highest BCUT2D eigenvalue weighted by Crippen LogP contribution is 2.39. The van der Waals surface area contributed by atoms with Crippen LogP contribution in [0.15, 0.2) is 121 Å². The molecule has 9 nitrogen and oxygen atoms in total. The summed E-state index contributed by atoms with van der Waals surface area (Å²) in [5.74, 6) is -1.41. The molecule has 0 bridgehead atoms. The molecule has 1 N–H and O–H groups in total. The quantitative estimate of drug-likeness (QED) is 0.223. The zero-order valence-electron chi connectivity index (χ0n) is 22.0. The van der Waals surface area contributed by atoms with Crippen LogP contribution in [0.3, 0.4) is 0 Å². The molecule has 41 heavy (non-hydrogen) atoms. The minimum absolute atomic E-state index is 0.0291. The number of amides is 4. The highest BCUT2D eigenvalue weighted by atomic mass is 16.6. The fourth-order valence-corrected chi connectivity index (χ4v) is 4.53. The summed E-state index contributed by atoms with van der Waals surface area (Å²) in [7, 11) is 0. The summed E-state index contributed by atoms with van der Waals surface area (Å²) >= 11 is 0. The number of ether oxygens (including phenoxy) is 2. The molecule has 9 heteroatoms. The first kappa shape index (κ1) is 27.1. The maximum atomic E-state index is 14.0. The van der Waals surface area contributed by atoms with Gasteiger partial charge in [0.15, 0.2) is 0 Å². The average molecular weight is 550 g/mol. The summed E-state index contributed by atoms with van der Waals surface area (Å²) in [6.07, 6.45) is -2.18. The van der Waals surface area contributed by atoms with E-state index in [0.717, 1.165) is 10.5 Å². The first-order valence-electron chi connectivity index (χ1n) is 13.0. The fraction of sp³-hybridized carbons (Fsp3) is 0.125. The number of para-hydroxylation sites is 1. The van der Waals surface area contributed by atoms with Crippen LogP contribution >= 0.6 is 0 Å². The van der Waals surface area contributed by atoms with Crippen LogP contribution < -0.4 is 10.2 Å². The van der Waals surface area contributed by atoms with Crippen LogP contribution in [-0.2, 0) is 25.7 Å². The van der Waals surface area contributed by atoms with Gasteiger partial charge in [-0.15, -0.1) is 0 Å². The van der Waals surface area contributed by atoms with Crippen molar-refractivity contribution < 1.29 is 28.7 Å². The van der Waals surface area contributed by atoms with Crippen molar-refractivity contribution in [3.63, 3.8) is 0 Å². The predicted molar refractivity (Wildman–Crippen MR) is 150 cm³/mol. The van der Waals surface area contributed by atoms with Crippen molar-refractivity contribution in [1.82, 2.24) is 10.2 Å². The Kier molecular flexibility index (Phi) is 8.35. The summed E-state index contributed by atoms with van der Waals surface area (Å²) in [6, 6.07) is 33.7. The van der Waals surface area contributed by atoms with E-state index in [1.165, 1.54) is 4.90 Å². The summed E-state index contributed by atoms with van der Waals surface area (Å²) in [6.45, 7) is -0.501. The highest BCUT2D eigenvalue weighted by molar-refractivity contribution is 6.14. The predicted octanol–water partition coefficient (Wildman–Crippen LogP) is 5.36. The maximum Gasteiger partial charge on any atom is 0.407 e. The first-order chi connectivity index (χ1) is 20.0. The van der Waals surface area contributed by atoms with Crippen LogP contribution in [0.5, 0.6) is 0 Å². The van der Waals surface area contributed by atoms with Gasteiger partial charge in [-0.1, -0.05) is 109 Å². The third kappa shape index (κ3) is 6.25. The van der Waals surface area contributed by atoms with E-state index in [4.69, 9.17) is 9.47 Å². The lowest BCUT2D eigenvalue weighted by Crippen LogP contribution is -2.40. The largest absolute Gasteiger partial charge is 0.445 e. The summed E-state index contributed by atoms with van der Waals surface area (Å²) in [5.41, 5.74) is 2.33. The van der Waals surface area contributed by atoms with Crippen LogP contribution in [0, 0.1) is 0 Å². The number of imide groups is 1. The monoisotopic (exact) mass is 549 g/mol. The number of alkyl carbamates (subject to hydrolysis) is 1. The number of hydrogen-bond donors (Lipinski definition) is 1.